The van der Waals surface area contributed by atoms with Gasteiger partial charge in [-0.25, -0.2) is 4.98 Å². The lowest BCUT2D eigenvalue weighted by molar-refractivity contribution is -0.120. The molecule has 1 aromatic heterocycles. The van der Waals surface area contributed by atoms with Crippen LogP contribution in [-0.2, 0) is 4.79 Å². The standard InChI is InChI=1S/C12H16BrN3O2/c1-2-6-14-11(17)5-7-15-12(18)9-3-4-10(13)16-8-9/h3-4,8H,2,5-7H2,1H3,(H,14,17)(H,15,18). The molecule has 0 fully saturated rings. The maximum atomic E-state index is 11.7. The Labute approximate surface area is 114 Å². The van der Waals surface area contributed by atoms with Gasteiger partial charge in [-0.3, -0.25) is 9.59 Å². The molecule has 0 bridgehead atoms. The van der Waals surface area contributed by atoms with Gasteiger partial charge in [-0.05, 0) is 34.5 Å². The summed E-state index contributed by atoms with van der Waals surface area (Å²) < 4.78 is 0.679. The SMILES string of the molecule is CCCNC(=O)CCNC(=O)c1ccc(Br)nc1. The molecule has 98 valence electrons. The van der Waals surface area contributed by atoms with Crippen LogP contribution in [0.1, 0.15) is 30.1 Å². The fourth-order valence-electron chi connectivity index (χ4n) is 1.25. The highest BCUT2D eigenvalue weighted by Gasteiger charge is 2.06. The second-order valence-corrected chi connectivity index (χ2v) is 4.54. The zero-order valence-electron chi connectivity index (χ0n) is 10.2. The maximum absolute atomic E-state index is 11.7. The van der Waals surface area contributed by atoms with E-state index >= 15 is 0 Å². The van der Waals surface area contributed by atoms with E-state index < -0.39 is 0 Å². The average molecular weight is 314 g/mol. The summed E-state index contributed by atoms with van der Waals surface area (Å²) in [6, 6.07) is 3.37. The van der Waals surface area contributed by atoms with Gasteiger partial charge in [0.1, 0.15) is 4.60 Å². The molecule has 2 amide bonds. The summed E-state index contributed by atoms with van der Waals surface area (Å²) in [4.78, 5) is 26.9. The molecule has 2 N–H and O–H groups in total. The molecule has 0 saturated carbocycles. The largest absolute Gasteiger partial charge is 0.356 e. The van der Waals surface area contributed by atoms with Crippen molar-refractivity contribution in [2.24, 2.45) is 0 Å². The van der Waals surface area contributed by atoms with Gasteiger partial charge in [0.05, 0.1) is 5.56 Å². The van der Waals surface area contributed by atoms with Gasteiger partial charge in [0.2, 0.25) is 5.91 Å². The molecule has 0 aliphatic carbocycles. The molecule has 0 saturated heterocycles. The Kier molecular flexibility index (Phi) is 6.35. The summed E-state index contributed by atoms with van der Waals surface area (Å²) in [6.07, 6.45) is 2.68. The molecule has 1 aromatic rings. The first-order valence-corrected chi connectivity index (χ1v) is 6.59. The second-order valence-electron chi connectivity index (χ2n) is 3.73. The topological polar surface area (TPSA) is 71.1 Å². The number of hydrogen-bond donors (Lipinski definition) is 2. The van der Waals surface area contributed by atoms with Gasteiger partial charge < -0.3 is 10.6 Å². The van der Waals surface area contributed by atoms with Gasteiger partial charge in [-0.1, -0.05) is 6.92 Å². The predicted molar refractivity (Wildman–Crippen MR) is 72.2 cm³/mol. The molecule has 0 unspecified atom stereocenters. The van der Waals surface area contributed by atoms with Gasteiger partial charge in [0.25, 0.3) is 5.91 Å². The summed E-state index contributed by atoms with van der Waals surface area (Å²) in [7, 11) is 0. The van der Waals surface area contributed by atoms with E-state index in [1.54, 1.807) is 12.1 Å². The number of carbonyl (C=O) groups is 2. The van der Waals surface area contributed by atoms with Crippen molar-refractivity contribution in [3.8, 4) is 0 Å². The first kappa shape index (κ1) is 14.6. The lowest BCUT2D eigenvalue weighted by Crippen LogP contribution is -2.31. The number of rotatable bonds is 6. The number of carbonyl (C=O) groups excluding carboxylic acids is 2. The number of hydrogen-bond acceptors (Lipinski definition) is 3. The van der Waals surface area contributed by atoms with Crippen LogP contribution in [0.4, 0.5) is 0 Å². The van der Waals surface area contributed by atoms with Crippen molar-refractivity contribution in [1.29, 1.82) is 0 Å². The van der Waals surface area contributed by atoms with Crippen LogP contribution in [-0.4, -0.2) is 29.9 Å². The summed E-state index contributed by atoms with van der Waals surface area (Å²) in [5.74, 6) is -0.274. The average Bonchev–Trinajstić information content (AvgIpc) is 2.37. The monoisotopic (exact) mass is 313 g/mol. The molecule has 0 radical (unpaired) electrons. The lowest BCUT2D eigenvalue weighted by Gasteiger charge is -2.05. The second kappa shape index (κ2) is 7.81. The number of halogens is 1. The molecule has 0 aromatic carbocycles. The summed E-state index contributed by atoms with van der Waals surface area (Å²) in [5.41, 5.74) is 0.479. The third-order valence-corrected chi connectivity index (χ3v) is 2.67. The van der Waals surface area contributed by atoms with Gasteiger partial charge in [-0.2, -0.15) is 0 Å². The van der Waals surface area contributed by atoms with Crippen LogP contribution in [0.5, 0.6) is 0 Å². The first-order valence-electron chi connectivity index (χ1n) is 5.80. The summed E-state index contributed by atoms with van der Waals surface area (Å²) in [5, 5.41) is 5.42. The van der Waals surface area contributed by atoms with Crippen molar-refractivity contribution in [3.05, 3.63) is 28.5 Å². The van der Waals surface area contributed by atoms with E-state index in [1.165, 1.54) is 6.20 Å². The molecular weight excluding hydrogens is 298 g/mol. The van der Waals surface area contributed by atoms with Crippen molar-refractivity contribution in [3.63, 3.8) is 0 Å². The van der Waals surface area contributed by atoms with E-state index in [-0.39, 0.29) is 18.2 Å². The van der Waals surface area contributed by atoms with Crippen LogP contribution in [0.25, 0.3) is 0 Å². The third-order valence-electron chi connectivity index (χ3n) is 2.20. The maximum Gasteiger partial charge on any atom is 0.252 e. The highest BCUT2D eigenvalue weighted by molar-refractivity contribution is 9.10. The lowest BCUT2D eigenvalue weighted by atomic mass is 10.2. The molecule has 0 aliphatic heterocycles. The fourth-order valence-corrected chi connectivity index (χ4v) is 1.49. The van der Waals surface area contributed by atoms with Gasteiger partial charge in [0.15, 0.2) is 0 Å². The van der Waals surface area contributed by atoms with Crippen LogP contribution in [0, 0.1) is 0 Å². The number of amides is 2. The number of nitrogens with zero attached hydrogens (tertiary/aromatic N) is 1. The van der Waals surface area contributed by atoms with Crippen LogP contribution in [0.2, 0.25) is 0 Å². The fraction of sp³-hybridized carbons (Fsp3) is 0.417. The van der Waals surface area contributed by atoms with E-state index in [0.717, 1.165) is 6.42 Å². The molecule has 0 aliphatic rings. The Morgan fingerprint density at radius 1 is 1.28 bits per heavy atom. The highest BCUT2D eigenvalue weighted by atomic mass is 79.9. The summed E-state index contributed by atoms with van der Waals surface area (Å²) >= 11 is 3.19. The number of pyridine rings is 1. The molecule has 1 rings (SSSR count). The Hall–Kier alpha value is -1.43. The van der Waals surface area contributed by atoms with E-state index in [2.05, 4.69) is 31.5 Å². The minimum Gasteiger partial charge on any atom is -0.356 e. The normalized spacial score (nSPS) is 9.89. The van der Waals surface area contributed by atoms with E-state index in [0.29, 0.717) is 23.3 Å². The molecule has 18 heavy (non-hydrogen) atoms. The first-order chi connectivity index (χ1) is 8.63. The molecule has 1 heterocycles. The van der Waals surface area contributed by atoms with Crippen LogP contribution < -0.4 is 10.6 Å². The smallest absolute Gasteiger partial charge is 0.252 e. The van der Waals surface area contributed by atoms with E-state index in [4.69, 9.17) is 0 Å². The summed E-state index contributed by atoms with van der Waals surface area (Å²) in [6.45, 7) is 2.98. The quantitative estimate of drug-likeness (QED) is 0.782. The van der Waals surface area contributed by atoms with Crippen molar-refractivity contribution in [1.82, 2.24) is 15.6 Å². The van der Waals surface area contributed by atoms with Crippen molar-refractivity contribution >= 4 is 27.7 Å². The van der Waals surface area contributed by atoms with Gasteiger partial charge in [-0.15, -0.1) is 0 Å². The van der Waals surface area contributed by atoms with Crippen molar-refractivity contribution < 1.29 is 9.59 Å². The number of nitrogens with one attached hydrogen (secondary N) is 2. The van der Waals surface area contributed by atoms with Crippen LogP contribution >= 0.6 is 15.9 Å². The third kappa shape index (κ3) is 5.27. The predicted octanol–water partition coefficient (Wildman–Crippen LogP) is 1.49. The van der Waals surface area contributed by atoms with E-state index in [1.807, 2.05) is 6.92 Å². The van der Waals surface area contributed by atoms with Gasteiger partial charge in [0, 0.05) is 25.7 Å². The Bertz CT molecular complexity index is 406. The zero-order valence-corrected chi connectivity index (χ0v) is 11.8. The van der Waals surface area contributed by atoms with Crippen LogP contribution in [0.15, 0.2) is 22.9 Å². The molecular formula is C12H16BrN3O2. The number of aromatic nitrogens is 1. The van der Waals surface area contributed by atoms with Crippen molar-refractivity contribution in [2.45, 2.75) is 19.8 Å². The minimum atomic E-state index is -0.224. The highest BCUT2D eigenvalue weighted by Crippen LogP contribution is 2.05. The zero-order chi connectivity index (χ0) is 13.4. The Balaban J connectivity index is 2.29. The Morgan fingerprint density at radius 3 is 2.67 bits per heavy atom. The molecule has 0 spiro atoms. The molecule has 5 nitrogen and oxygen atoms in total. The van der Waals surface area contributed by atoms with Gasteiger partial charge >= 0.3 is 0 Å². The van der Waals surface area contributed by atoms with Crippen molar-refractivity contribution in [2.75, 3.05) is 13.1 Å². The Morgan fingerprint density at radius 2 is 2.06 bits per heavy atom. The molecule has 6 heteroatoms. The van der Waals surface area contributed by atoms with E-state index in [9.17, 15) is 9.59 Å². The molecule has 0 atom stereocenters. The van der Waals surface area contributed by atoms with Crippen LogP contribution in [0.3, 0.4) is 0 Å². The minimum absolute atomic E-state index is 0.0499.